The van der Waals surface area contributed by atoms with Crippen LogP contribution in [-0.4, -0.2) is 50.5 Å². The minimum absolute atomic E-state index is 0.0365. The van der Waals surface area contributed by atoms with Gasteiger partial charge in [-0.2, -0.15) is 0 Å². The van der Waals surface area contributed by atoms with E-state index in [1.807, 2.05) is 0 Å². The zero-order chi connectivity index (χ0) is 26.2. The summed E-state index contributed by atoms with van der Waals surface area (Å²) >= 11 is 5.95. The molecule has 1 atom stereocenters. The molecule has 2 amide bonds. The number of carbonyl (C=O) groups is 2. The van der Waals surface area contributed by atoms with Crippen LogP contribution < -0.4 is 9.62 Å². The molecule has 7 nitrogen and oxygen atoms in total. The number of hydrogen-bond donors (Lipinski definition) is 1. The highest BCUT2D eigenvalue weighted by Gasteiger charge is 2.28. The Kier molecular flexibility index (Phi) is 10.5. The molecule has 0 radical (unpaired) electrons. The lowest BCUT2D eigenvalue weighted by molar-refractivity contribution is -0.141. The lowest BCUT2D eigenvalue weighted by atomic mass is 10.1. The smallest absolute Gasteiger partial charge is 0.242 e. The average Bonchev–Trinajstić information content (AvgIpc) is 2.79. The summed E-state index contributed by atoms with van der Waals surface area (Å²) in [4.78, 5) is 27.3. The van der Waals surface area contributed by atoms with E-state index in [0.29, 0.717) is 18.0 Å². The van der Waals surface area contributed by atoms with Crippen LogP contribution in [0.4, 0.5) is 14.5 Å². The predicted octanol–water partition coefficient (Wildman–Crippen LogP) is 4.11. The second-order valence-corrected chi connectivity index (χ2v) is 10.3. The third-order valence-electron chi connectivity index (χ3n) is 5.35. The zero-order valence-corrected chi connectivity index (χ0v) is 21.5. The van der Waals surface area contributed by atoms with E-state index < -0.39 is 27.7 Å². The fourth-order valence-corrected chi connectivity index (χ4v) is 4.73. The number of anilines is 1. The van der Waals surface area contributed by atoms with E-state index in [1.165, 1.54) is 4.90 Å². The number of likely N-dealkylation sites (N-methyl/N-ethyl adjacent to an activating group) is 1. The summed E-state index contributed by atoms with van der Waals surface area (Å²) in [6, 6.07) is 9.01. The quantitative estimate of drug-likeness (QED) is 0.448. The fourth-order valence-electron chi connectivity index (χ4n) is 3.64. The summed E-state index contributed by atoms with van der Waals surface area (Å²) in [5.74, 6) is -2.88. The Morgan fingerprint density at radius 3 is 2.26 bits per heavy atom. The summed E-state index contributed by atoms with van der Waals surface area (Å²) in [6.45, 7) is 4.05. The Morgan fingerprint density at radius 2 is 1.71 bits per heavy atom. The van der Waals surface area contributed by atoms with Gasteiger partial charge in [0.15, 0.2) is 11.6 Å². The van der Waals surface area contributed by atoms with Gasteiger partial charge in [-0.05, 0) is 49.6 Å². The monoisotopic (exact) mass is 529 g/mol. The molecule has 0 heterocycles. The molecule has 0 saturated heterocycles. The van der Waals surface area contributed by atoms with Crippen LogP contribution >= 0.6 is 11.6 Å². The van der Waals surface area contributed by atoms with Gasteiger partial charge >= 0.3 is 0 Å². The van der Waals surface area contributed by atoms with E-state index in [9.17, 15) is 26.8 Å². The van der Waals surface area contributed by atoms with Crippen LogP contribution in [0.5, 0.6) is 0 Å². The Balaban J connectivity index is 2.21. The topological polar surface area (TPSA) is 86.8 Å². The number of nitrogens with zero attached hydrogens (tertiary/aromatic N) is 2. The highest BCUT2D eigenvalue weighted by Crippen LogP contribution is 2.22. The molecule has 1 N–H and O–H groups in total. The van der Waals surface area contributed by atoms with Gasteiger partial charge in [0.2, 0.25) is 21.8 Å². The molecule has 0 saturated carbocycles. The molecule has 0 bridgehead atoms. The van der Waals surface area contributed by atoms with Crippen molar-refractivity contribution in [2.75, 3.05) is 23.7 Å². The molecule has 0 unspecified atom stereocenters. The largest absolute Gasteiger partial charge is 0.355 e. The predicted molar refractivity (Wildman–Crippen MR) is 133 cm³/mol. The van der Waals surface area contributed by atoms with Crippen molar-refractivity contribution >= 4 is 39.1 Å². The maximum atomic E-state index is 13.7. The number of amides is 2. The summed E-state index contributed by atoms with van der Waals surface area (Å²) in [7, 11) is -3.82. The molecular formula is C24H30ClF2N3O4S. The van der Waals surface area contributed by atoms with Crippen molar-refractivity contribution in [3.63, 3.8) is 0 Å². The molecule has 2 rings (SSSR count). The molecule has 0 aliphatic heterocycles. The molecule has 2 aromatic rings. The molecule has 0 aliphatic carbocycles. The van der Waals surface area contributed by atoms with Crippen LogP contribution in [0.25, 0.3) is 0 Å². The van der Waals surface area contributed by atoms with Crippen molar-refractivity contribution in [2.45, 2.75) is 45.7 Å². The van der Waals surface area contributed by atoms with Crippen LogP contribution in [0.1, 0.15) is 38.7 Å². The normalized spacial score (nSPS) is 12.2. The number of hydrogen-bond acceptors (Lipinski definition) is 4. The lowest BCUT2D eigenvalue weighted by Crippen LogP contribution is -2.49. The van der Waals surface area contributed by atoms with Crippen LogP contribution in [0.3, 0.4) is 0 Å². The van der Waals surface area contributed by atoms with Gasteiger partial charge in [-0.15, -0.1) is 0 Å². The van der Waals surface area contributed by atoms with Crippen molar-refractivity contribution in [1.29, 1.82) is 0 Å². The van der Waals surface area contributed by atoms with Gasteiger partial charge in [0.05, 0.1) is 11.9 Å². The molecule has 2 aromatic carbocycles. The van der Waals surface area contributed by atoms with Gasteiger partial charge < -0.3 is 10.2 Å². The van der Waals surface area contributed by atoms with Crippen molar-refractivity contribution in [3.8, 4) is 0 Å². The number of sulfonamides is 1. The van der Waals surface area contributed by atoms with Gasteiger partial charge in [0, 0.05) is 37.1 Å². The van der Waals surface area contributed by atoms with Crippen molar-refractivity contribution in [2.24, 2.45) is 0 Å². The number of carbonyl (C=O) groups excluding carboxylic acids is 2. The highest BCUT2D eigenvalue weighted by atomic mass is 35.5. The summed E-state index contributed by atoms with van der Waals surface area (Å²) in [5.41, 5.74) is 0.746. The van der Waals surface area contributed by atoms with Crippen LogP contribution in [0.2, 0.25) is 5.02 Å². The molecule has 192 valence electrons. The van der Waals surface area contributed by atoms with E-state index in [1.54, 1.807) is 38.1 Å². The molecular weight excluding hydrogens is 500 g/mol. The molecule has 0 aromatic heterocycles. The minimum Gasteiger partial charge on any atom is -0.355 e. The van der Waals surface area contributed by atoms with E-state index in [4.69, 9.17) is 11.6 Å². The zero-order valence-electron chi connectivity index (χ0n) is 19.9. The van der Waals surface area contributed by atoms with E-state index in [0.717, 1.165) is 34.3 Å². The third kappa shape index (κ3) is 8.17. The summed E-state index contributed by atoms with van der Waals surface area (Å²) in [5, 5.41) is 3.29. The van der Waals surface area contributed by atoms with E-state index in [2.05, 4.69) is 5.32 Å². The van der Waals surface area contributed by atoms with Crippen molar-refractivity contribution < 1.29 is 26.8 Å². The summed E-state index contributed by atoms with van der Waals surface area (Å²) in [6.07, 6.45) is 1.38. The lowest BCUT2D eigenvalue weighted by Gasteiger charge is -2.31. The number of benzene rings is 2. The first-order chi connectivity index (χ1) is 16.5. The van der Waals surface area contributed by atoms with Crippen LogP contribution in [0.15, 0.2) is 42.5 Å². The van der Waals surface area contributed by atoms with E-state index in [-0.39, 0.29) is 43.4 Å². The third-order valence-corrected chi connectivity index (χ3v) is 6.79. The average molecular weight is 530 g/mol. The van der Waals surface area contributed by atoms with Gasteiger partial charge in [-0.1, -0.05) is 30.7 Å². The Bertz CT molecular complexity index is 1130. The number of halogens is 3. The van der Waals surface area contributed by atoms with Gasteiger partial charge in [-0.25, -0.2) is 17.2 Å². The molecule has 0 spiro atoms. The Hall–Kier alpha value is -2.72. The standard InChI is InChI=1S/C24H30ClF2N3O4S/c1-4-22(24(32)28-5-2)29(16-17-8-10-18(25)11-9-17)23(31)7-6-14-30(35(3,33)34)19-12-13-20(26)21(27)15-19/h8-13,15,22H,4-7,14,16H2,1-3H3,(H,28,32)/t22-/m0/s1. The summed E-state index contributed by atoms with van der Waals surface area (Å²) < 4.78 is 52.5. The number of nitrogens with one attached hydrogen (secondary N) is 1. The fraction of sp³-hybridized carbons (Fsp3) is 0.417. The first-order valence-corrected chi connectivity index (χ1v) is 13.4. The molecule has 11 heteroatoms. The van der Waals surface area contributed by atoms with Crippen molar-refractivity contribution in [1.82, 2.24) is 10.2 Å². The van der Waals surface area contributed by atoms with Gasteiger partial charge in [0.25, 0.3) is 0 Å². The first-order valence-electron chi connectivity index (χ1n) is 11.2. The maximum Gasteiger partial charge on any atom is 0.242 e. The van der Waals surface area contributed by atoms with E-state index >= 15 is 0 Å². The first kappa shape index (κ1) is 28.5. The second kappa shape index (κ2) is 12.8. The maximum absolute atomic E-state index is 13.7. The molecule has 0 fully saturated rings. The van der Waals surface area contributed by atoms with Crippen LogP contribution in [-0.2, 0) is 26.2 Å². The molecule has 35 heavy (non-hydrogen) atoms. The number of rotatable bonds is 12. The Labute approximate surface area is 210 Å². The minimum atomic E-state index is -3.82. The SMILES string of the molecule is CCNC(=O)[C@H](CC)N(Cc1ccc(Cl)cc1)C(=O)CCCN(c1ccc(F)c(F)c1)S(C)(=O)=O. The van der Waals surface area contributed by atoms with Crippen LogP contribution in [0, 0.1) is 11.6 Å². The highest BCUT2D eigenvalue weighted by molar-refractivity contribution is 7.92. The van der Waals surface area contributed by atoms with Crippen molar-refractivity contribution in [3.05, 3.63) is 64.7 Å². The molecule has 0 aliphatic rings. The second-order valence-electron chi connectivity index (χ2n) is 8.00. The Morgan fingerprint density at radius 1 is 1.06 bits per heavy atom. The van der Waals surface area contributed by atoms with Gasteiger partial charge in [0.1, 0.15) is 6.04 Å². The van der Waals surface area contributed by atoms with Gasteiger partial charge in [-0.3, -0.25) is 13.9 Å².